The molecule has 1 atom stereocenters. The molecule has 4 rings (SSSR count). The Morgan fingerprint density at radius 1 is 1.24 bits per heavy atom. The number of aromatic amines is 2. The summed E-state index contributed by atoms with van der Waals surface area (Å²) in [6.07, 6.45) is 3.45. The van der Waals surface area contributed by atoms with E-state index in [1.165, 1.54) is 4.90 Å². The van der Waals surface area contributed by atoms with Crippen LogP contribution in [0.25, 0.3) is 5.76 Å². The van der Waals surface area contributed by atoms with Gasteiger partial charge >= 0.3 is 5.97 Å². The number of nitrogens with zero attached hydrogens (tertiary/aromatic N) is 1. The number of rotatable bonds is 6. The van der Waals surface area contributed by atoms with Crippen LogP contribution in [0.3, 0.4) is 0 Å². The first-order chi connectivity index (χ1) is 16.2. The molecule has 1 aliphatic heterocycles. The predicted octanol–water partition coefficient (Wildman–Crippen LogP) is 1.95. The van der Waals surface area contributed by atoms with Crippen molar-refractivity contribution >= 4 is 23.4 Å². The third kappa shape index (κ3) is 3.89. The number of hydrogen-bond donors (Lipinski definition) is 1. The molecule has 1 aliphatic rings. The third-order valence-electron chi connectivity index (χ3n) is 5.83. The van der Waals surface area contributed by atoms with Gasteiger partial charge in [0.1, 0.15) is 23.3 Å². The summed E-state index contributed by atoms with van der Waals surface area (Å²) in [5, 5.41) is 13.8. The quantitative estimate of drug-likeness (QED) is 0.257. The van der Waals surface area contributed by atoms with Gasteiger partial charge in [-0.15, -0.1) is 0 Å². The van der Waals surface area contributed by atoms with Crippen LogP contribution in [0.1, 0.15) is 57.4 Å². The number of carbonyl (C=O) groups is 3. The minimum absolute atomic E-state index is 0.0995. The summed E-state index contributed by atoms with van der Waals surface area (Å²) in [7, 11) is 0. The van der Waals surface area contributed by atoms with E-state index in [9.17, 15) is 19.5 Å². The fraction of sp³-hybridized carbons (Fsp3) is 0.280. The lowest BCUT2D eigenvalue weighted by Crippen LogP contribution is -2.29. The van der Waals surface area contributed by atoms with Crippen molar-refractivity contribution in [1.82, 2.24) is 9.88 Å². The minimum atomic E-state index is -0.999. The van der Waals surface area contributed by atoms with E-state index in [0.717, 1.165) is 5.56 Å². The number of pyridine rings is 1. The zero-order chi connectivity index (χ0) is 24.6. The molecule has 3 aromatic heterocycles. The second-order valence-electron chi connectivity index (χ2n) is 8.11. The fourth-order valence-electron chi connectivity index (χ4n) is 4.29. The summed E-state index contributed by atoms with van der Waals surface area (Å²) < 4.78 is 10.8. The van der Waals surface area contributed by atoms with E-state index in [4.69, 9.17) is 9.15 Å². The van der Waals surface area contributed by atoms with Crippen molar-refractivity contribution in [3.63, 3.8) is 0 Å². The number of ether oxygens (including phenoxy) is 1. The van der Waals surface area contributed by atoms with E-state index in [2.05, 4.69) is 9.97 Å². The number of likely N-dealkylation sites (tertiary alicyclic amines) is 1. The van der Waals surface area contributed by atoms with Crippen LogP contribution in [0.2, 0.25) is 0 Å². The second kappa shape index (κ2) is 9.01. The fourth-order valence-corrected chi connectivity index (χ4v) is 4.29. The van der Waals surface area contributed by atoms with Gasteiger partial charge in [0.25, 0.3) is 5.91 Å². The molecule has 0 saturated carbocycles. The van der Waals surface area contributed by atoms with E-state index >= 15 is 0 Å². The van der Waals surface area contributed by atoms with Crippen LogP contribution in [-0.2, 0) is 20.9 Å². The summed E-state index contributed by atoms with van der Waals surface area (Å²) in [6, 6.07) is 5.96. The first-order valence-electron chi connectivity index (χ1n) is 10.9. The summed E-state index contributed by atoms with van der Waals surface area (Å²) in [6.45, 7) is 6.94. The van der Waals surface area contributed by atoms with Gasteiger partial charge in [0.2, 0.25) is 5.78 Å². The lowest BCUT2D eigenvalue weighted by molar-refractivity contribution is -0.378. The first-order valence-corrected chi connectivity index (χ1v) is 10.9. The highest BCUT2D eigenvalue weighted by atomic mass is 16.5. The van der Waals surface area contributed by atoms with E-state index in [1.807, 2.05) is 6.07 Å². The Labute approximate surface area is 196 Å². The predicted molar refractivity (Wildman–Crippen MR) is 118 cm³/mol. The largest absolute Gasteiger partial charge is 0.872 e. The Bertz CT molecular complexity index is 1300. The molecule has 2 N–H and O–H groups in total. The Hall–Kier alpha value is -4.14. The summed E-state index contributed by atoms with van der Waals surface area (Å²) in [5.41, 5.74) is 1.62. The number of aryl methyl sites for hydroxylation is 2. The molecule has 1 amide bonds. The second-order valence-corrected chi connectivity index (χ2v) is 8.11. The third-order valence-corrected chi connectivity index (χ3v) is 5.83. The Morgan fingerprint density at radius 2 is 2.00 bits per heavy atom. The van der Waals surface area contributed by atoms with Crippen molar-refractivity contribution in [3.8, 4) is 0 Å². The van der Waals surface area contributed by atoms with Crippen molar-refractivity contribution in [2.75, 3.05) is 6.61 Å². The van der Waals surface area contributed by atoms with Crippen LogP contribution in [0.4, 0.5) is 0 Å². The number of H-pyrrole nitrogens is 2. The standard InChI is InChI=1S/C25H25N3O6/c1-5-33-25(32)20-14(3)18(15(4)27-20)22(29)19-21(17-9-8-13(2)34-17)28(24(31)23(19)30)12-16-7-6-10-26-11-16/h6-11,21,27,29H,5,12H2,1-4H3. The Kier molecular flexibility index (Phi) is 6.10. The highest BCUT2D eigenvalue weighted by molar-refractivity contribution is 6.46. The van der Waals surface area contributed by atoms with Crippen LogP contribution < -0.4 is 10.1 Å². The summed E-state index contributed by atoms with van der Waals surface area (Å²) >= 11 is 0. The molecule has 0 bridgehead atoms. The molecule has 0 spiro atoms. The summed E-state index contributed by atoms with van der Waals surface area (Å²) in [5.74, 6) is -2.00. The first kappa shape index (κ1) is 23.0. The minimum Gasteiger partial charge on any atom is -0.872 e. The molecule has 0 aliphatic carbocycles. The van der Waals surface area contributed by atoms with Gasteiger partial charge < -0.3 is 24.1 Å². The molecule has 4 heterocycles. The van der Waals surface area contributed by atoms with Crippen molar-refractivity contribution in [2.24, 2.45) is 0 Å². The molecule has 1 saturated heterocycles. The van der Waals surface area contributed by atoms with E-state index < -0.39 is 29.5 Å². The van der Waals surface area contributed by atoms with Gasteiger partial charge in [-0.1, -0.05) is 5.76 Å². The van der Waals surface area contributed by atoms with Crippen LogP contribution in [0.15, 0.2) is 46.6 Å². The van der Waals surface area contributed by atoms with Gasteiger partial charge in [-0.25, -0.2) is 9.78 Å². The SMILES string of the molecule is CCOC(=O)c1[nH]c(C)c(C([O-])=C2C(=O)C(=O)N(Cc3ccc[nH+]c3)C2c2ccc(C)o2)c1C. The van der Waals surface area contributed by atoms with Crippen LogP contribution in [0.5, 0.6) is 0 Å². The highest BCUT2D eigenvalue weighted by Gasteiger charge is 2.46. The normalized spacial score (nSPS) is 17.4. The summed E-state index contributed by atoms with van der Waals surface area (Å²) in [4.78, 5) is 45.8. The lowest BCUT2D eigenvalue weighted by Gasteiger charge is -2.25. The zero-order valence-corrected chi connectivity index (χ0v) is 19.4. The Balaban J connectivity index is 1.87. The van der Waals surface area contributed by atoms with Crippen molar-refractivity contribution < 1.29 is 33.6 Å². The van der Waals surface area contributed by atoms with Crippen molar-refractivity contribution in [1.29, 1.82) is 0 Å². The van der Waals surface area contributed by atoms with Gasteiger partial charge in [-0.05, 0) is 57.0 Å². The number of ketones is 1. The topological polar surface area (TPSA) is 130 Å². The highest BCUT2D eigenvalue weighted by Crippen LogP contribution is 2.41. The molecule has 9 nitrogen and oxygen atoms in total. The van der Waals surface area contributed by atoms with Gasteiger partial charge in [0, 0.05) is 22.9 Å². The molecule has 1 fully saturated rings. The lowest BCUT2D eigenvalue weighted by atomic mass is 9.97. The molecule has 34 heavy (non-hydrogen) atoms. The number of nitrogens with one attached hydrogen (secondary N) is 2. The molecule has 3 aromatic rings. The maximum Gasteiger partial charge on any atom is 0.355 e. The molecular weight excluding hydrogens is 438 g/mol. The monoisotopic (exact) mass is 463 g/mol. The van der Waals surface area contributed by atoms with Crippen molar-refractivity contribution in [3.05, 3.63) is 81.8 Å². The molecular formula is C25H25N3O6. The average Bonchev–Trinajstić information content (AvgIpc) is 3.44. The van der Waals surface area contributed by atoms with Crippen molar-refractivity contribution in [2.45, 2.75) is 40.3 Å². The number of hydrogen-bond acceptors (Lipinski definition) is 6. The van der Waals surface area contributed by atoms with Gasteiger partial charge in [0.05, 0.1) is 13.2 Å². The number of aromatic nitrogens is 2. The van der Waals surface area contributed by atoms with Crippen LogP contribution in [-0.4, -0.2) is 34.2 Å². The van der Waals surface area contributed by atoms with Gasteiger partial charge in [-0.3, -0.25) is 9.59 Å². The number of amides is 1. The maximum atomic E-state index is 13.8. The molecule has 0 radical (unpaired) electrons. The van der Waals surface area contributed by atoms with Crippen LogP contribution >= 0.6 is 0 Å². The molecule has 9 heteroatoms. The number of carbonyl (C=O) groups excluding carboxylic acids is 3. The average molecular weight is 463 g/mol. The molecule has 0 aromatic carbocycles. The van der Waals surface area contributed by atoms with Gasteiger partial charge in [0.15, 0.2) is 12.4 Å². The maximum absolute atomic E-state index is 13.8. The van der Waals surface area contributed by atoms with E-state index in [1.54, 1.807) is 58.3 Å². The smallest absolute Gasteiger partial charge is 0.355 e. The number of furan rings is 1. The Morgan fingerprint density at radius 3 is 2.62 bits per heavy atom. The van der Waals surface area contributed by atoms with E-state index in [-0.39, 0.29) is 30.0 Å². The molecule has 176 valence electrons. The zero-order valence-electron chi connectivity index (χ0n) is 19.4. The van der Waals surface area contributed by atoms with E-state index in [0.29, 0.717) is 22.8 Å². The molecule has 1 unspecified atom stereocenters. The number of Topliss-reactive ketones (excluding diaryl/α,β-unsaturated/α-hetero) is 1. The van der Waals surface area contributed by atoms with Gasteiger partial charge in [-0.2, -0.15) is 0 Å². The van der Waals surface area contributed by atoms with Crippen LogP contribution in [0, 0.1) is 20.8 Å². The number of esters is 1.